The molecule has 156 valence electrons. The normalized spacial score (nSPS) is 11.3. The van der Waals surface area contributed by atoms with Gasteiger partial charge in [-0.2, -0.15) is 25.0 Å². The first-order valence-electron chi connectivity index (χ1n) is 9.75. The lowest BCUT2D eigenvalue weighted by Crippen LogP contribution is -2.09. The Hall–Kier alpha value is -3.86. The van der Waals surface area contributed by atoms with E-state index in [0.29, 0.717) is 16.6 Å². The summed E-state index contributed by atoms with van der Waals surface area (Å²) in [5.41, 5.74) is 3.75. The summed E-state index contributed by atoms with van der Waals surface area (Å²) in [5.74, 6) is 0.137. The van der Waals surface area contributed by atoms with Gasteiger partial charge in [0.1, 0.15) is 16.5 Å². The van der Waals surface area contributed by atoms with Crippen LogP contribution in [0.2, 0.25) is 0 Å². The first-order chi connectivity index (χ1) is 15.6. The van der Waals surface area contributed by atoms with E-state index in [1.807, 2.05) is 71.3 Å². The maximum absolute atomic E-state index is 13.1. The zero-order valence-electron chi connectivity index (χ0n) is 16.7. The fourth-order valence-corrected chi connectivity index (χ4v) is 5.70. The van der Waals surface area contributed by atoms with Gasteiger partial charge < -0.3 is 8.58 Å². The highest BCUT2D eigenvalue weighted by molar-refractivity contribution is 7.87. The second kappa shape index (κ2) is 8.00. The summed E-state index contributed by atoms with van der Waals surface area (Å²) in [5, 5.41) is 13.0. The van der Waals surface area contributed by atoms with Gasteiger partial charge >= 0.3 is 10.1 Å². The minimum atomic E-state index is -4.10. The Morgan fingerprint density at radius 2 is 1.56 bits per heavy atom. The molecule has 5 aromatic rings. The molecule has 32 heavy (non-hydrogen) atoms. The number of nitriles is 1. The van der Waals surface area contributed by atoms with Gasteiger partial charge in [0.15, 0.2) is 5.75 Å². The van der Waals surface area contributed by atoms with Crippen LogP contribution >= 0.6 is 11.3 Å². The minimum Gasteiger partial charge on any atom is -0.376 e. The smallest absolute Gasteiger partial charge is 0.340 e. The summed E-state index contributed by atoms with van der Waals surface area (Å²) in [7, 11) is -4.10. The van der Waals surface area contributed by atoms with E-state index in [1.54, 1.807) is 17.5 Å². The van der Waals surface area contributed by atoms with E-state index >= 15 is 0 Å². The predicted molar refractivity (Wildman–Crippen MR) is 125 cm³/mol. The van der Waals surface area contributed by atoms with Gasteiger partial charge in [-0.15, -0.1) is 0 Å². The molecule has 7 heteroatoms. The molecular weight excluding hydrogens is 440 g/mol. The van der Waals surface area contributed by atoms with Crippen LogP contribution in [0, 0.1) is 11.3 Å². The summed E-state index contributed by atoms with van der Waals surface area (Å²) >= 11 is 1.27. The molecule has 0 spiro atoms. The molecule has 0 atom stereocenters. The lowest BCUT2D eigenvalue weighted by molar-refractivity contribution is 0.490. The van der Waals surface area contributed by atoms with Crippen molar-refractivity contribution < 1.29 is 12.6 Å². The SMILES string of the molecule is N#Cc1cccn2c(-c3ccccc3)c(-c3ccccc3)c(OS(=O)(=O)c3ccsc3)c12. The molecule has 0 amide bonds. The molecule has 0 aliphatic heterocycles. The van der Waals surface area contributed by atoms with Gasteiger partial charge in [-0.25, -0.2) is 0 Å². The molecule has 0 fully saturated rings. The lowest BCUT2D eigenvalue weighted by atomic mass is 10.0. The number of aromatic nitrogens is 1. The molecule has 5 nitrogen and oxygen atoms in total. The van der Waals surface area contributed by atoms with Gasteiger partial charge in [0, 0.05) is 11.6 Å². The topological polar surface area (TPSA) is 71.6 Å². The number of thiophene rings is 1. The molecule has 3 heterocycles. The highest BCUT2D eigenvalue weighted by atomic mass is 32.2. The molecule has 5 rings (SSSR count). The van der Waals surface area contributed by atoms with Crippen molar-refractivity contribution in [2.24, 2.45) is 0 Å². The van der Waals surface area contributed by atoms with Crippen molar-refractivity contribution in [3.05, 3.63) is 101 Å². The molecule has 3 aromatic heterocycles. The molecule has 2 aromatic carbocycles. The molecule has 0 N–H and O–H groups in total. The number of hydrogen-bond donors (Lipinski definition) is 0. The van der Waals surface area contributed by atoms with Crippen LogP contribution in [-0.4, -0.2) is 12.8 Å². The summed E-state index contributed by atoms with van der Waals surface area (Å²) in [6.45, 7) is 0. The van der Waals surface area contributed by atoms with Gasteiger partial charge in [-0.1, -0.05) is 60.7 Å². The van der Waals surface area contributed by atoms with Crippen molar-refractivity contribution >= 4 is 27.0 Å². The Balaban J connectivity index is 1.91. The molecule has 0 aliphatic carbocycles. The predicted octanol–water partition coefficient (Wildman–Crippen LogP) is 5.97. The van der Waals surface area contributed by atoms with Crippen LogP contribution in [0.25, 0.3) is 27.9 Å². The van der Waals surface area contributed by atoms with E-state index in [4.69, 9.17) is 4.18 Å². The summed E-state index contributed by atoms with van der Waals surface area (Å²) in [6.07, 6.45) is 1.81. The van der Waals surface area contributed by atoms with Gasteiger partial charge in [0.2, 0.25) is 0 Å². The van der Waals surface area contributed by atoms with Crippen LogP contribution in [-0.2, 0) is 10.1 Å². The zero-order valence-corrected chi connectivity index (χ0v) is 18.3. The Morgan fingerprint density at radius 3 is 2.19 bits per heavy atom. The van der Waals surface area contributed by atoms with Crippen molar-refractivity contribution in [1.29, 1.82) is 5.26 Å². The van der Waals surface area contributed by atoms with Crippen molar-refractivity contribution in [2.45, 2.75) is 4.90 Å². The number of hydrogen-bond acceptors (Lipinski definition) is 5. The monoisotopic (exact) mass is 456 g/mol. The molecule has 0 aliphatic rings. The van der Waals surface area contributed by atoms with E-state index in [1.165, 1.54) is 22.8 Å². The van der Waals surface area contributed by atoms with E-state index < -0.39 is 10.1 Å². The number of fused-ring (bicyclic) bond motifs is 1. The Kier molecular flexibility index (Phi) is 5.02. The lowest BCUT2D eigenvalue weighted by Gasteiger charge is -2.10. The van der Waals surface area contributed by atoms with Crippen molar-refractivity contribution in [3.8, 4) is 34.2 Å². The van der Waals surface area contributed by atoms with Crippen molar-refractivity contribution in [1.82, 2.24) is 4.40 Å². The highest BCUT2D eigenvalue weighted by Gasteiger charge is 2.28. The second-order valence-corrected chi connectivity index (χ2v) is 9.36. The molecule has 0 saturated heterocycles. The highest BCUT2D eigenvalue weighted by Crippen LogP contribution is 2.46. The number of pyridine rings is 1. The van der Waals surface area contributed by atoms with E-state index in [0.717, 1.165) is 16.8 Å². The molecule has 0 bridgehead atoms. The maximum Gasteiger partial charge on any atom is 0.340 e. The minimum absolute atomic E-state index is 0.0801. The standard InChI is InChI=1S/C25H16N2O3S2/c26-16-20-12-7-14-27-23(19-10-5-2-6-11-19)22(18-8-3-1-4-9-18)25(24(20)27)30-32(28,29)21-13-15-31-17-21/h1-15,17H. The zero-order chi connectivity index (χ0) is 22.1. The molecule has 0 unspecified atom stereocenters. The van der Waals surface area contributed by atoms with Crippen LogP contribution in [0.1, 0.15) is 5.56 Å². The third-order valence-corrected chi connectivity index (χ3v) is 7.17. The summed E-state index contributed by atoms with van der Waals surface area (Å²) in [4.78, 5) is 0.0801. The Bertz CT molecular complexity index is 1550. The summed E-state index contributed by atoms with van der Waals surface area (Å²) in [6, 6.07) is 26.2. The first kappa shape index (κ1) is 20.1. The molecule has 0 radical (unpaired) electrons. The average Bonchev–Trinajstić information content (AvgIpc) is 3.48. The van der Waals surface area contributed by atoms with E-state index in [2.05, 4.69) is 6.07 Å². The van der Waals surface area contributed by atoms with Crippen LogP contribution in [0.4, 0.5) is 0 Å². The Morgan fingerprint density at radius 1 is 0.875 bits per heavy atom. The van der Waals surface area contributed by atoms with Gasteiger partial charge in [0.05, 0.1) is 16.8 Å². The van der Waals surface area contributed by atoms with Crippen molar-refractivity contribution in [2.75, 3.05) is 0 Å². The molecular formula is C25H16N2O3S2. The number of benzene rings is 2. The Labute approximate surface area is 189 Å². The third kappa shape index (κ3) is 3.36. The second-order valence-electron chi connectivity index (χ2n) is 7.03. The van der Waals surface area contributed by atoms with Crippen LogP contribution in [0.5, 0.6) is 5.75 Å². The first-order valence-corrected chi connectivity index (χ1v) is 12.1. The quantitative estimate of drug-likeness (QED) is 0.305. The third-order valence-electron chi connectivity index (χ3n) is 5.12. The fraction of sp³-hybridized carbons (Fsp3) is 0. The van der Waals surface area contributed by atoms with Crippen LogP contribution in [0.3, 0.4) is 0 Å². The number of nitrogens with zero attached hydrogens (tertiary/aromatic N) is 2. The number of rotatable bonds is 5. The van der Waals surface area contributed by atoms with Gasteiger partial charge in [-0.3, -0.25) is 0 Å². The average molecular weight is 457 g/mol. The summed E-state index contributed by atoms with van der Waals surface area (Å²) < 4.78 is 33.9. The molecule has 0 saturated carbocycles. The fourth-order valence-electron chi connectivity index (χ4n) is 3.75. The van der Waals surface area contributed by atoms with E-state index in [9.17, 15) is 13.7 Å². The largest absolute Gasteiger partial charge is 0.376 e. The maximum atomic E-state index is 13.1. The van der Waals surface area contributed by atoms with E-state index in [-0.39, 0.29) is 10.6 Å². The van der Waals surface area contributed by atoms with Crippen LogP contribution in [0.15, 0.2) is 101 Å². The van der Waals surface area contributed by atoms with Crippen LogP contribution < -0.4 is 4.18 Å². The van der Waals surface area contributed by atoms with Gasteiger partial charge in [0.25, 0.3) is 0 Å². The van der Waals surface area contributed by atoms with Gasteiger partial charge in [-0.05, 0) is 34.7 Å². The van der Waals surface area contributed by atoms with Crippen molar-refractivity contribution in [3.63, 3.8) is 0 Å².